The number of ether oxygens (including phenoxy) is 1. The fourth-order valence-corrected chi connectivity index (χ4v) is 4.72. The smallest absolute Gasteiger partial charge is 0.324 e. The van der Waals surface area contributed by atoms with Gasteiger partial charge in [-0.05, 0) is 42.9 Å². The molecule has 1 fully saturated rings. The second kappa shape index (κ2) is 7.86. The van der Waals surface area contributed by atoms with E-state index in [4.69, 9.17) is 4.74 Å². The molecule has 2 aromatic carbocycles. The molecule has 4 rings (SSSR count). The standard InChI is InChI=1S/C25H27NO3/c1-18-22(24(28)29-20-13-7-4-8-14-20)23(27)26(17-19-11-5-3-6-12-19)21-15-9-10-16-25(18,21)2/h3-8,11-15,18,22H,9-10,16-17H2,1-2H3/t18-,22+,25+/m1/s1. The number of para-hydroxylation sites is 1. The minimum atomic E-state index is -0.806. The second-order valence-electron chi connectivity index (χ2n) is 8.31. The number of rotatable bonds is 4. The number of allylic oxidation sites excluding steroid dienone is 2. The third kappa shape index (κ3) is 3.59. The Kier molecular flexibility index (Phi) is 5.27. The van der Waals surface area contributed by atoms with E-state index >= 15 is 0 Å². The zero-order chi connectivity index (χ0) is 20.4. The number of amides is 1. The Morgan fingerprint density at radius 3 is 2.45 bits per heavy atom. The van der Waals surface area contributed by atoms with Gasteiger partial charge in [-0.1, -0.05) is 68.5 Å². The highest BCUT2D eigenvalue weighted by atomic mass is 16.5. The van der Waals surface area contributed by atoms with Crippen LogP contribution in [0, 0.1) is 17.3 Å². The number of nitrogens with zero attached hydrogens (tertiary/aromatic N) is 1. The minimum absolute atomic E-state index is 0.121. The summed E-state index contributed by atoms with van der Waals surface area (Å²) in [5, 5.41) is 0. The van der Waals surface area contributed by atoms with Gasteiger partial charge >= 0.3 is 5.97 Å². The van der Waals surface area contributed by atoms with Crippen LogP contribution in [0.2, 0.25) is 0 Å². The summed E-state index contributed by atoms with van der Waals surface area (Å²) in [5.41, 5.74) is 1.90. The highest BCUT2D eigenvalue weighted by Crippen LogP contribution is 2.52. The van der Waals surface area contributed by atoms with Crippen molar-refractivity contribution in [1.82, 2.24) is 4.90 Å². The molecule has 29 heavy (non-hydrogen) atoms. The molecule has 1 aliphatic heterocycles. The molecular weight excluding hydrogens is 362 g/mol. The van der Waals surface area contributed by atoms with Crippen LogP contribution in [0.3, 0.4) is 0 Å². The van der Waals surface area contributed by atoms with Crippen LogP contribution >= 0.6 is 0 Å². The number of carbonyl (C=O) groups excluding carboxylic acids is 2. The average molecular weight is 389 g/mol. The molecule has 4 heteroatoms. The summed E-state index contributed by atoms with van der Waals surface area (Å²) in [6.07, 6.45) is 5.20. The Morgan fingerprint density at radius 1 is 1.10 bits per heavy atom. The van der Waals surface area contributed by atoms with Gasteiger partial charge in [0.1, 0.15) is 11.7 Å². The molecule has 1 heterocycles. The van der Waals surface area contributed by atoms with Gasteiger partial charge in [0, 0.05) is 11.1 Å². The quantitative estimate of drug-likeness (QED) is 0.422. The number of hydrogen-bond donors (Lipinski definition) is 0. The van der Waals surface area contributed by atoms with Crippen molar-refractivity contribution in [2.45, 2.75) is 39.7 Å². The number of piperidine rings is 1. The summed E-state index contributed by atoms with van der Waals surface area (Å²) in [6.45, 7) is 4.69. The summed E-state index contributed by atoms with van der Waals surface area (Å²) < 4.78 is 5.61. The van der Waals surface area contributed by atoms with E-state index < -0.39 is 11.9 Å². The van der Waals surface area contributed by atoms with Gasteiger partial charge in [-0.3, -0.25) is 9.59 Å². The Labute approximate surface area is 172 Å². The van der Waals surface area contributed by atoms with Crippen molar-refractivity contribution in [2.24, 2.45) is 17.3 Å². The van der Waals surface area contributed by atoms with Gasteiger partial charge in [-0.2, -0.15) is 0 Å². The van der Waals surface area contributed by atoms with E-state index in [1.165, 1.54) is 0 Å². The molecule has 0 aromatic heterocycles. The zero-order valence-electron chi connectivity index (χ0n) is 17.0. The molecular formula is C25H27NO3. The summed E-state index contributed by atoms with van der Waals surface area (Å²) in [6, 6.07) is 18.9. The van der Waals surface area contributed by atoms with Gasteiger partial charge in [-0.25, -0.2) is 0 Å². The van der Waals surface area contributed by atoms with E-state index in [2.05, 4.69) is 13.0 Å². The number of esters is 1. The summed E-state index contributed by atoms with van der Waals surface area (Å²) in [7, 11) is 0. The Hall–Kier alpha value is -2.88. The Balaban J connectivity index is 1.68. The average Bonchev–Trinajstić information content (AvgIpc) is 2.73. The first kappa shape index (κ1) is 19.4. The van der Waals surface area contributed by atoms with Crippen LogP contribution in [0.1, 0.15) is 38.7 Å². The van der Waals surface area contributed by atoms with Crippen molar-refractivity contribution in [2.75, 3.05) is 0 Å². The molecule has 0 unspecified atom stereocenters. The van der Waals surface area contributed by atoms with Crippen molar-refractivity contribution in [3.63, 3.8) is 0 Å². The first-order valence-corrected chi connectivity index (χ1v) is 10.3. The monoisotopic (exact) mass is 389 g/mol. The lowest BCUT2D eigenvalue weighted by molar-refractivity contribution is -0.158. The normalized spacial score (nSPS) is 26.5. The Morgan fingerprint density at radius 2 is 1.76 bits per heavy atom. The van der Waals surface area contributed by atoms with Crippen LogP contribution in [0.25, 0.3) is 0 Å². The predicted octanol–water partition coefficient (Wildman–Crippen LogP) is 4.96. The van der Waals surface area contributed by atoms with Gasteiger partial charge in [0.2, 0.25) is 5.91 Å². The molecule has 2 aromatic rings. The molecule has 1 amide bonds. The van der Waals surface area contributed by atoms with Crippen molar-refractivity contribution >= 4 is 11.9 Å². The fourth-order valence-electron chi connectivity index (χ4n) is 4.72. The van der Waals surface area contributed by atoms with Crippen LogP contribution < -0.4 is 4.74 Å². The molecule has 0 spiro atoms. The molecule has 4 nitrogen and oxygen atoms in total. The first-order chi connectivity index (χ1) is 14.0. The number of fused-ring (bicyclic) bond motifs is 1. The maximum Gasteiger partial charge on any atom is 0.324 e. The fraction of sp³-hybridized carbons (Fsp3) is 0.360. The van der Waals surface area contributed by atoms with Gasteiger partial charge in [0.05, 0.1) is 6.54 Å². The molecule has 1 aliphatic carbocycles. The Bertz CT molecular complexity index is 922. The molecule has 1 saturated heterocycles. The molecule has 0 N–H and O–H groups in total. The maximum absolute atomic E-state index is 13.6. The molecule has 150 valence electrons. The van der Waals surface area contributed by atoms with Gasteiger partial charge in [0.15, 0.2) is 0 Å². The third-order valence-corrected chi connectivity index (χ3v) is 6.55. The number of hydrogen-bond acceptors (Lipinski definition) is 3. The SMILES string of the molecule is C[C@@H]1[C@H](C(=O)Oc2ccccc2)C(=O)N(Cc2ccccc2)C2=CCCC[C@]21C. The van der Waals surface area contributed by atoms with E-state index in [0.717, 1.165) is 30.5 Å². The van der Waals surface area contributed by atoms with Crippen molar-refractivity contribution in [3.8, 4) is 5.75 Å². The van der Waals surface area contributed by atoms with Gasteiger partial charge < -0.3 is 9.64 Å². The van der Waals surface area contributed by atoms with E-state index in [1.54, 1.807) is 12.1 Å². The molecule has 0 saturated carbocycles. The van der Waals surface area contributed by atoms with E-state index in [-0.39, 0.29) is 17.2 Å². The molecule has 0 radical (unpaired) electrons. The topological polar surface area (TPSA) is 46.6 Å². The maximum atomic E-state index is 13.6. The van der Waals surface area contributed by atoms with Gasteiger partial charge in [-0.15, -0.1) is 0 Å². The summed E-state index contributed by atoms with van der Waals surface area (Å²) in [4.78, 5) is 28.5. The lowest BCUT2D eigenvalue weighted by Crippen LogP contribution is -2.56. The number of likely N-dealkylation sites (tertiary alicyclic amines) is 1. The van der Waals surface area contributed by atoms with Crippen LogP contribution in [-0.2, 0) is 16.1 Å². The van der Waals surface area contributed by atoms with E-state index in [1.807, 2.05) is 60.4 Å². The van der Waals surface area contributed by atoms with Crippen molar-refractivity contribution in [3.05, 3.63) is 78.0 Å². The number of carbonyl (C=O) groups is 2. The highest BCUT2D eigenvalue weighted by Gasteiger charge is 2.54. The minimum Gasteiger partial charge on any atom is -0.426 e. The van der Waals surface area contributed by atoms with Crippen LogP contribution in [-0.4, -0.2) is 16.8 Å². The summed E-state index contributed by atoms with van der Waals surface area (Å²) >= 11 is 0. The largest absolute Gasteiger partial charge is 0.426 e. The predicted molar refractivity (Wildman–Crippen MR) is 112 cm³/mol. The highest BCUT2D eigenvalue weighted by molar-refractivity contribution is 6.00. The lowest BCUT2D eigenvalue weighted by Gasteiger charge is -2.51. The van der Waals surface area contributed by atoms with Crippen LogP contribution in [0.4, 0.5) is 0 Å². The zero-order valence-corrected chi connectivity index (χ0v) is 17.0. The van der Waals surface area contributed by atoms with E-state index in [9.17, 15) is 9.59 Å². The van der Waals surface area contributed by atoms with E-state index in [0.29, 0.717) is 12.3 Å². The third-order valence-electron chi connectivity index (χ3n) is 6.55. The first-order valence-electron chi connectivity index (χ1n) is 10.3. The number of benzene rings is 2. The van der Waals surface area contributed by atoms with Crippen LogP contribution in [0.15, 0.2) is 72.4 Å². The van der Waals surface area contributed by atoms with Crippen molar-refractivity contribution < 1.29 is 14.3 Å². The second-order valence-corrected chi connectivity index (χ2v) is 8.31. The molecule has 2 aliphatic rings. The lowest BCUT2D eigenvalue weighted by atomic mass is 9.61. The van der Waals surface area contributed by atoms with Crippen LogP contribution in [0.5, 0.6) is 5.75 Å². The molecule has 0 bridgehead atoms. The summed E-state index contributed by atoms with van der Waals surface area (Å²) in [5.74, 6) is -1.07. The molecule has 3 atom stereocenters. The van der Waals surface area contributed by atoms with Crippen molar-refractivity contribution in [1.29, 1.82) is 0 Å². The van der Waals surface area contributed by atoms with Gasteiger partial charge in [0.25, 0.3) is 0 Å².